The van der Waals surface area contributed by atoms with Gasteiger partial charge in [-0.25, -0.2) is 0 Å². The minimum atomic E-state index is -0.706. The van der Waals surface area contributed by atoms with Crippen LogP contribution in [0.3, 0.4) is 0 Å². The van der Waals surface area contributed by atoms with E-state index in [4.69, 9.17) is 11.6 Å². The van der Waals surface area contributed by atoms with Crippen LogP contribution in [-0.2, 0) is 0 Å². The lowest BCUT2D eigenvalue weighted by molar-refractivity contribution is -0.393. The smallest absolute Gasteiger partial charge is 0.271 e. The van der Waals surface area contributed by atoms with E-state index in [9.17, 15) is 20.2 Å². The first-order valence-electron chi connectivity index (χ1n) is 6.37. The molecule has 1 N–H and O–H groups in total. The van der Waals surface area contributed by atoms with Gasteiger partial charge >= 0.3 is 5.69 Å². The molecule has 0 bridgehead atoms. The Hall–Kier alpha value is -3.00. The van der Waals surface area contributed by atoms with Crippen LogP contribution in [0.15, 0.2) is 47.6 Å². The maximum atomic E-state index is 11.0. The van der Waals surface area contributed by atoms with Gasteiger partial charge in [-0.15, -0.1) is 0 Å². The molecule has 0 spiro atoms. The molecule has 0 aliphatic rings. The van der Waals surface area contributed by atoms with Gasteiger partial charge in [0.2, 0.25) is 0 Å². The number of nitrogens with zero attached hydrogens (tertiary/aromatic N) is 3. The molecule has 0 heterocycles. The summed E-state index contributed by atoms with van der Waals surface area (Å²) in [5.41, 5.74) is 3.21. The van der Waals surface area contributed by atoms with Crippen LogP contribution in [0.4, 0.5) is 17.1 Å². The van der Waals surface area contributed by atoms with Gasteiger partial charge in [-0.2, -0.15) is 5.10 Å². The van der Waals surface area contributed by atoms with Gasteiger partial charge in [-0.3, -0.25) is 25.7 Å². The predicted octanol–water partition coefficient (Wildman–Crippen LogP) is 3.99. The Morgan fingerprint density at radius 1 is 1.09 bits per heavy atom. The van der Waals surface area contributed by atoms with Crippen molar-refractivity contribution in [1.29, 1.82) is 0 Å². The first kappa shape index (κ1) is 16.4. The van der Waals surface area contributed by atoms with E-state index in [0.29, 0.717) is 10.7 Å². The summed E-state index contributed by atoms with van der Waals surface area (Å²) in [5.74, 6) is 0. The van der Waals surface area contributed by atoms with Gasteiger partial charge in [-0.05, 0) is 30.7 Å². The summed E-state index contributed by atoms with van der Waals surface area (Å²) in [7, 11) is 0. The highest BCUT2D eigenvalue weighted by molar-refractivity contribution is 6.30. The van der Waals surface area contributed by atoms with Crippen LogP contribution in [0.25, 0.3) is 0 Å². The number of nitrogens with one attached hydrogen (secondary N) is 1. The van der Waals surface area contributed by atoms with Crippen molar-refractivity contribution in [3.05, 3.63) is 73.3 Å². The second-order valence-corrected chi connectivity index (χ2v) is 4.97. The number of hydrogen-bond donors (Lipinski definition) is 1. The van der Waals surface area contributed by atoms with Gasteiger partial charge in [0, 0.05) is 11.1 Å². The summed E-state index contributed by atoms with van der Waals surface area (Å²) in [5, 5.41) is 26.4. The summed E-state index contributed by atoms with van der Waals surface area (Å²) < 4.78 is 0. The third kappa shape index (κ3) is 4.01. The predicted molar refractivity (Wildman–Crippen MR) is 87.0 cm³/mol. The number of halogens is 1. The van der Waals surface area contributed by atoms with Crippen molar-refractivity contribution in [1.82, 2.24) is 0 Å². The molecule has 0 aromatic heterocycles. The summed E-state index contributed by atoms with van der Waals surface area (Å²) in [6.07, 6.45) is 0. The van der Waals surface area contributed by atoms with E-state index in [0.717, 1.165) is 11.6 Å². The number of nitro groups is 2. The van der Waals surface area contributed by atoms with Gasteiger partial charge in [0.05, 0.1) is 21.6 Å². The van der Waals surface area contributed by atoms with Crippen molar-refractivity contribution in [3.8, 4) is 0 Å². The Bertz CT molecular complexity index is 790. The third-order valence-electron chi connectivity index (χ3n) is 2.99. The maximum absolute atomic E-state index is 11.0. The number of anilines is 1. The van der Waals surface area contributed by atoms with Crippen molar-refractivity contribution in [2.75, 3.05) is 5.43 Å². The van der Waals surface area contributed by atoms with Crippen molar-refractivity contribution in [2.24, 2.45) is 5.10 Å². The minimum absolute atomic E-state index is 0.0638. The molecular formula is C14H11ClN4O4. The molecular weight excluding hydrogens is 324 g/mol. The van der Waals surface area contributed by atoms with E-state index in [1.807, 2.05) is 0 Å². The lowest BCUT2D eigenvalue weighted by Crippen LogP contribution is -2.02. The van der Waals surface area contributed by atoms with E-state index in [-0.39, 0.29) is 11.4 Å². The highest BCUT2D eigenvalue weighted by Crippen LogP contribution is 2.29. The van der Waals surface area contributed by atoms with E-state index >= 15 is 0 Å². The molecule has 23 heavy (non-hydrogen) atoms. The van der Waals surface area contributed by atoms with Crippen molar-refractivity contribution >= 4 is 34.4 Å². The number of non-ortho nitro benzene ring substituents is 1. The fourth-order valence-electron chi connectivity index (χ4n) is 1.78. The fourth-order valence-corrected chi connectivity index (χ4v) is 1.90. The fraction of sp³-hybridized carbons (Fsp3) is 0.0714. The van der Waals surface area contributed by atoms with Crippen LogP contribution in [0, 0.1) is 20.2 Å². The lowest BCUT2D eigenvalue weighted by atomic mass is 10.1. The SMILES string of the molecule is CC(=NNc1ccc([N+](=O)[O-])cc1[N+](=O)[O-])c1ccc(Cl)cc1. The normalized spacial score (nSPS) is 11.1. The molecule has 2 aromatic carbocycles. The summed E-state index contributed by atoms with van der Waals surface area (Å²) >= 11 is 5.80. The molecule has 0 saturated heterocycles. The molecule has 0 aliphatic heterocycles. The molecule has 0 atom stereocenters. The van der Waals surface area contributed by atoms with Gasteiger partial charge in [0.1, 0.15) is 5.69 Å². The van der Waals surface area contributed by atoms with E-state index in [1.165, 1.54) is 12.1 Å². The Balaban J connectivity index is 2.28. The zero-order chi connectivity index (χ0) is 17.0. The van der Waals surface area contributed by atoms with Crippen LogP contribution in [0.1, 0.15) is 12.5 Å². The van der Waals surface area contributed by atoms with Crippen LogP contribution in [0.5, 0.6) is 0 Å². The molecule has 118 valence electrons. The van der Waals surface area contributed by atoms with Crippen molar-refractivity contribution in [2.45, 2.75) is 6.92 Å². The Labute approximate surface area is 135 Å². The second kappa shape index (κ2) is 6.84. The molecule has 0 saturated carbocycles. The molecule has 0 unspecified atom stereocenters. The van der Waals surface area contributed by atoms with E-state index in [2.05, 4.69) is 10.5 Å². The van der Waals surface area contributed by atoms with Gasteiger partial charge in [-0.1, -0.05) is 23.7 Å². The number of hydrazone groups is 1. The number of benzene rings is 2. The van der Waals surface area contributed by atoms with Gasteiger partial charge in [0.25, 0.3) is 5.69 Å². The summed E-state index contributed by atoms with van der Waals surface area (Å²) in [4.78, 5) is 20.3. The molecule has 9 heteroatoms. The van der Waals surface area contributed by atoms with Crippen LogP contribution in [-0.4, -0.2) is 15.6 Å². The Morgan fingerprint density at radius 3 is 2.30 bits per heavy atom. The second-order valence-electron chi connectivity index (χ2n) is 4.53. The van der Waals surface area contributed by atoms with Crippen LogP contribution < -0.4 is 5.43 Å². The molecule has 0 amide bonds. The Morgan fingerprint density at radius 2 is 1.74 bits per heavy atom. The van der Waals surface area contributed by atoms with Crippen LogP contribution >= 0.6 is 11.6 Å². The third-order valence-corrected chi connectivity index (χ3v) is 3.25. The lowest BCUT2D eigenvalue weighted by Gasteiger charge is -2.05. The topological polar surface area (TPSA) is 111 Å². The summed E-state index contributed by atoms with van der Waals surface area (Å²) in [6.45, 7) is 1.72. The molecule has 0 aliphatic carbocycles. The maximum Gasteiger partial charge on any atom is 0.301 e. The Kier molecular flexibility index (Phi) is 4.87. The quantitative estimate of drug-likeness (QED) is 0.504. The number of nitro benzene ring substituents is 2. The molecule has 0 radical (unpaired) electrons. The average molecular weight is 335 g/mol. The van der Waals surface area contributed by atoms with Crippen LogP contribution in [0.2, 0.25) is 5.02 Å². The van der Waals surface area contributed by atoms with Gasteiger partial charge < -0.3 is 0 Å². The number of rotatable bonds is 5. The highest BCUT2D eigenvalue weighted by Gasteiger charge is 2.19. The first-order valence-corrected chi connectivity index (χ1v) is 6.75. The molecule has 2 aromatic rings. The zero-order valence-electron chi connectivity index (χ0n) is 11.9. The molecule has 0 fully saturated rings. The number of hydrogen-bond acceptors (Lipinski definition) is 6. The van der Waals surface area contributed by atoms with E-state index in [1.54, 1.807) is 31.2 Å². The van der Waals surface area contributed by atoms with Gasteiger partial charge in [0.15, 0.2) is 0 Å². The minimum Gasteiger partial charge on any atom is -0.271 e. The monoisotopic (exact) mass is 334 g/mol. The first-order chi connectivity index (χ1) is 10.9. The standard InChI is InChI=1S/C14H11ClN4O4/c1-9(10-2-4-11(15)5-3-10)16-17-13-7-6-12(18(20)21)8-14(13)19(22)23/h2-8,17H,1H3. The highest BCUT2D eigenvalue weighted by atomic mass is 35.5. The summed E-state index contributed by atoms with van der Waals surface area (Å²) in [6, 6.07) is 10.2. The molecule has 2 rings (SSSR count). The largest absolute Gasteiger partial charge is 0.301 e. The zero-order valence-corrected chi connectivity index (χ0v) is 12.6. The average Bonchev–Trinajstić information content (AvgIpc) is 2.52. The van der Waals surface area contributed by atoms with Crippen molar-refractivity contribution < 1.29 is 9.85 Å². The van der Waals surface area contributed by atoms with Crippen molar-refractivity contribution in [3.63, 3.8) is 0 Å². The van der Waals surface area contributed by atoms with E-state index < -0.39 is 15.5 Å². The molecule has 8 nitrogen and oxygen atoms in total.